The van der Waals surface area contributed by atoms with E-state index >= 15 is 0 Å². The molecule has 34 heavy (non-hydrogen) atoms. The summed E-state index contributed by atoms with van der Waals surface area (Å²) in [6.45, 7) is 4.40. The Balaban J connectivity index is 1.17. The molecule has 0 bridgehead atoms. The molecule has 0 aliphatic carbocycles. The monoisotopic (exact) mass is 457 g/mol. The lowest BCUT2D eigenvalue weighted by molar-refractivity contribution is 0.0526. The molecule has 0 fully saturated rings. The summed E-state index contributed by atoms with van der Waals surface area (Å²) in [5.74, 6) is 0.0554. The van der Waals surface area contributed by atoms with Crippen LogP contribution in [0.4, 0.5) is 0 Å². The van der Waals surface area contributed by atoms with Crippen LogP contribution in [-0.2, 0) is 35.7 Å². The summed E-state index contributed by atoms with van der Waals surface area (Å²) in [5, 5.41) is 11.0. The fourth-order valence-corrected chi connectivity index (χ4v) is 5.01. The molecule has 6 rings (SSSR count). The summed E-state index contributed by atoms with van der Waals surface area (Å²) in [5.41, 5.74) is 7.60. The van der Waals surface area contributed by atoms with Crippen LogP contribution in [0.3, 0.4) is 0 Å². The Hall–Kier alpha value is -3.62. The zero-order chi connectivity index (χ0) is 23.4. The maximum absolute atomic E-state index is 11.8. The number of aromatic nitrogens is 2. The van der Waals surface area contributed by atoms with Crippen LogP contribution in [-0.4, -0.2) is 45.0 Å². The lowest BCUT2D eigenvalue weighted by atomic mass is 9.95. The van der Waals surface area contributed by atoms with Crippen LogP contribution in [0.2, 0.25) is 0 Å². The fourth-order valence-electron chi connectivity index (χ4n) is 5.01. The molecule has 0 amide bonds. The van der Waals surface area contributed by atoms with E-state index in [9.17, 15) is 14.7 Å². The highest BCUT2D eigenvalue weighted by Crippen LogP contribution is 2.31. The second kappa shape index (κ2) is 8.00. The minimum Gasteiger partial charge on any atom is -0.457 e. The number of ether oxygens (including phenoxy) is 2. The SMILES string of the molecule is Cc1c(C(O)CN2CCc3nc(-c4ccc5c(c4)COC5=O)ncc3C2)ccc2c1COC2=O. The van der Waals surface area contributed by atoms with E-state index in [1.807, 2.05) is 31.3 Å². The van der Waals surface area contributed by atoms with E-state index in [1.54, 1.807) is 12.1 Å². The normalized spacial score (nSPS) is 17.6. The molecule has 0 saturated carbocycles. The number of β-amino-alcohol motifs (C(OH)–C–C–N with tert-alkyl or cyclic N) is 1. The van der Waals surface area contributed by atoms with Crippen LogP contribution in [0.25, 0.3) is 11.4 Å². The highest BCUT2D eigenvalue weighted by molar-refractivity contribution is 5.94. The van der Waals surface area contributed by atoms with Crippen molar-refractivity contribution < 1.29 is 24.2 Å². The number of aliphatic hydroxyl groups excluding tert-OH is 1. The van der Waals surface area contributed by atoms with E-state index < -0.39 is 6.10 Å². The smallest absolute Gasteiger partial charge is 0.338 e. The number of aliphatic hydroxyl groups is 1. The quantitative estimate of drug-likeness (QED) is 0.597. The summed E-state index contributed by atoms with van der Waals surface area (Å²) in [4.78, 5) is 35.0. The molecule has 1 aromatic heterocycles. The molecular formula is C26H23N3O5. The van der Waals surface area contributed by atoms with Gasteiger partial charge in [-0.3, -0.25) is 4.90 Å². The van der Waals surface area contributed by atoms with Gasteiger partial charge in [-0.2, -0.15) is 0 Å². The number of cyclic esters (lactones) is 2. The van der Waals surface area contributed by atoms with Crippen molar-refractivity contribution >= 4 is 11.9 Å². The van der Waals surface area contributed by atoms with Gasteiger partial charge in [-0.05, 0) is 36.2 Å². The summed E-state index contributed by atoms with van der Waals surface area (Å²) in [7, 11) is 0. The number of fused-ring (bicyclic) bond motifs is 3. The first-order valence-electron chi connectivity index (χ1n) is 11.3. The van der Waals surface area contributed by atoms with Gasteiger partial charge >= 0.3 is 11.9 Å². The lowest BCUT2D eigenvalue weighted by Gasteiger charge is -2.30. The van der Waals surface area contributed by atoms with E-state index in [0.29, 0.717) is 30.0 Å². The van der Waals surface area contributed by atoms with Crippen LogP contribution in [0.5, 0.6) is 0 Å². The number of benzene rings is 2. The van der Waals surface area contributed by atoms with Crippen LogP contribution < -0.4 is 0 Å². The van der Waals surface area contributed by atoms with Crippen molar-refractivity contribution in [1.82, 2.24) is 14.9 Å². The van der Waals surface area contributed by atoms with Gasteiger partial charge in [-0.1, -0.05) is 12.1 Å². The van der Waals surface area contributed by atoms with Gasteiger partial charge in [0.25, 0.3) is 0 Å². The zero-order valence-electron chi connectivity index (χ0n) is 18.7. The molecule has 1 N–H and O–H groups in total. The molecule has 8 nitrogen and oxygen atoms in total. The van der Waals surface area contributed by atoms with Gasteiger partial charge in [0.05, 0.1) is 22.9 Å². The van der Waals surface area contributed by atoms with Crippen molar-refractivity contribution in [2.45, 2.75) is 39.2 Å². The first-order valence-corrected chi connectivity index (χ1v) is 11.3. The highest BCUT2D eigenvalue weighted by atomic mass is 16.5. The standard InChI is InChI=1S/C26H23N3O5/c1-14-18(4-5-20-21(14)13-34-26(20)32)23(30)11-29-7-6-22-17(10-29)9-27-24(28-22)15-2-3-19-16(8-15)12-33-25(19)31/h2-5,8-9,23,30H,6-7,10-13H2,1H3. The van der Waals surface area contributed by atoms with Gasteiger partial charge in [0.15, 0.2) is 5.82 Å². The minimum atomic E-state index is -0.668. The van der Waals surface area contributed by atoms with Gasteiger partial charge in [0.2, 0.25) is 0 Å². The molecule has 3 aliphatic rings. The molecule has 4 heterocycles. The van der Waals surface area contributed by atoms with Gasteiger partial charge in [-0.25, -0.2) is 19.6 Å². The number of hydrogen-bond donors (Lipinski definition) is 1. The number of nitrogens with zero attached hydrogens (tertiary/aromatic N) is 3. The summed E-state index contributed by atoms with van der Waals surface area (Å²) < 4.78 is 10.2. The number of rotatable bonds is 4. The first kappa shape index (κ1) is 20.9. The highest BCUT2D eigenvalue weighted by Gasteiger charge is 2.28. The van der Waals surface area contributed by atoms with E-state index in [1.165, 1.54) is 0 Å². The third-order valence-corrected chi connectivity index (χ3v) is 6.95. The van der Waals surface area contributed by atoms with Crippen molar-refractivity contribution in [2.75, 3.05) is 13.1 Å². The van der Waals surface area contributed by atoms with Crippen LogP contribution >= 0.6 is 0 Å². The molecule has 1 unspecified atom stereocenters. The first-order chi connectivity index (χ1) is 16.5. The average molecular weight is 457 g/mol. The van der Waals surface area contributed by atoms with Gasteiger partial charge in [-0.15, -0.1) is 0 Å². The Morgan fingerprint density at radius 2 is 1.85 bits per heavy atom. The van der Waals surface area contributed by atoms with Crippen LogP contribution in [0.1, 0.15) is 60.3 Å². The van der Waals surface area contributed by atoms with Crippen LogP contribution in [0, 0.1) is 6.92 Å². The molecule has 0 spiro atoms. The Morgan fingerprint density at radius 3 is 2.74 bits per heavy atom. The lowest BCUT2D eigenvalue weighted by Crippen LogP contribution is -2.34. The molecule has 2 aromatic carbocycles. The molecule has 172 valence electrons. The second-order valence-electron chi connectivity index (χ2n) is 9.00. The molecular weight excluding hydrogens is 434 g/mol. The Labute approximate surface area is 196 Å². The molecule has 0 radical (unpaired) electrons. The zero-order valence-corrected chi connectivity index (χ0v) is 18.7. The van der Waals surface area contributed by atoms with Gasteiger partial charge in [0.1, 0.15) is 13.2 Å². The topological polar surface area (TPSA) is 102 Å². The summed E-state index contributed by atoms with van der Waals surface area (Å²) in [6.07, 6.45) is 1.95. The number of carbonyl (C=O) groups excluding carboxylic acids is 2. The fraction of sp³-hybridized carbons (Fsp3) is 0.308. The van der Waals surface area contributed by atoms with Crippen molar-refractivity contribution in [3.8, 4) is 11.4 Å². The van der Waals surface area contributed by atoms with Gasteiger partial charge < -0.3 is 14.6 Å². The summed E-state index contributed by atoms with van der Waals surface area (Å²) >= 11 is 0. The molecule has 1 atom stereocenters. The maximum atomic E-state index is 11.8. The van der Waals surface area contributed by atoms with Crippen molar-refractivity contribution in [3.05, 3.63) is 81.2 Å². The second-order valence-corrected chi connectivity index (χ2v) is 9.00. The molecule has 8 heteroatoms. The largest absolute Gasteiger partial charge is 0.457 e. The Morgan fingerprint density at radius 1 is 1.06 bits per heavy atom. The summed E-state index contributed by atoms with van der Waals surface area (Å²) in [6, 6.07) is 9.13. The number of carbonyl (C=O) groups is 2. The van der Waals surface area contributed by atoms with E-state index in [-0.39, 0.29) is 25.2 Å². The minimum absolute atomic E-state index is 0.269. The third-order valence-electron chi connectivity index (χ3n) is 6.95. The third kappa shape index (κ3) is 3.46. The van der Waals surface area contributed by atoms with Crippen molar-refractivity contribution in [2.24, 2.45) is 0 Å². The maximum Gasteiger partial charge on any atom is 0.338 e. The van der Waals surface area contributed by atoms with Crippen molar-refractivity contribution in [3.63, 3.8) is 0 Å². The average Bonchev–Trinajstić information content (AvgIpc) is 3.41. The molecule has 0 saturated heterocycles. The van der Waals surface area contributed by atoms with Crippen molar-refractivity contribution in [1.29, 1.82) is 0 Å². The number of hydrogen-bond acceptors (Lipinski definition) is 8. The number of esters is 2. The molecule has 3 aliphatic heterocycles. The van der Waals surface area contributed by atoms with Gasteiger partial charge in [0, 0.05) is 54.5 Å². The predicted octanol–water partition coefficient (Wildman–Crippen LogP) is 2.88. The molecule has 3 aromatic rings. The Bertz CT molecular complexity index is 1350. The van der Waals surface area contributed by atoms with Crippen LogP contribution in [0.15, 0.2) is 36.5 Å². The predicted molar refractivity (Wildman–Crippen MR) is 121 cm³/mol. The van der Waals surface area contributed by atoms with E-state index in [2.05, 4.69) is 9.88 Å². The van der Waals surface area contributed by atoms with E-state index in [4.69, 9.17) is 14.5 Å². The Kier molecular flexibility index (Phi) is 4.93. The van der Waals surface area contributed by atoms with E-state index in [0.717, 1.165) is 52.0 Å².